The Morgan fingerprint density at radius 3 is 2.35 bits per heavy atom. The van der Waals surface area contributed by atoms with E-state index in [1.807, 2.05) is 36.4 Å². The van der Waals surface area contributed by atoms with E-state index in [1.165, 1.54) is 21.6 Å². The summed E-state index contributed by atoms with van der Waals surface area (Å²) in [7, 11) is 2.58. The van der Waals surface area contributed by atoms with Crippen LogP contribution in [0.5, 0.6) is 0 Å². The third-order valence-electron chi connectivity index (χ3n) is 3.83. The molecule has 3 rings (SSSR count). The number of carbonyl (C=O) groups excluding carboxylic acids is 3. The summed E-state index contributed by atoms with van der Waals surface area (Å²) in [4.78, 5) is 45.9. The Balaban J connectivity index is 1.84. The molecule has 0 saturated carbocycles. The molecule has 0 spiro atoms. The molecule has 1 aliphatic rings. The van der Waals surface area contributed by atoms with E-state index in [0.717, 1.165) is 5.03 Å². The number of nitrogens with zero attached hydrogens (tertiary/aromatic N) is 2. The smallest absolute Gasteiger partial charge is 0.328 e. The predicted molar refractivity (Wildman–Crippen MR) is 98.7 cm³/mol. The second kappa shape index (κ2) is 7.92. The van der Waals surface area contributed by atoms with Crippen molar-refractivity contribution in [1.29, 1.82) is 0 Å². The van der Waals surface area contributed by atoms with Crippen molar-refractivity contribution in [2.45, 2.75) is 29.5 Å². The molecule has 0 aliphatic carbocycles. The third kappa shape index (κ3) is 3.91. The van der Waals surface area contributed by atoms with Gasteiger partial charge in [0.15, 0.2) is 0 Å². The molecule has 26 heavy (non-hydrogen) atoms. The molecule has 2 aromatic rings. The predicted octanol–water partition coefficient (Wildman–Crippen LogP) is 3.34. The van der Waals surface area contributed by atoms with Crippen LogP contribution < -0.4 is 0 Å². The number of imide groups is 1. The quantitative estimate of drug-likeness (QED) is 0.555. The summed E-state index contributed by atoms with van der Waals surface area (Å²) < 4.78 is -1.13. The molecule has 2 heterocycles. The van der Waals surface area contributed by atoms with Crippen molar-refractivity contribution < 1.29 is 19.2 Å². The van der Waals surface area contributed by atoms with Crippen molar-refractivity contribution in [3.8, 4) is 0 Å². The number of amides is 2. The first-order chi connectivity index (χ1) is 12.5. The molecule has 8 heteroatoms. The molecule has 1 atom stereocenters. The molecule has 1 fully saturated rings. The lowest BCUT2D eigenvalue weighted by atomic mass is 10.0. The Hall–Kier alpha value is -2.32. The van der Waals surface area contributed by atoms with Gasteiger partial charge in [0, 0.05) is 19.0 Å². The van der Waals surface area contributed by atoms with Crippen LogP contribution in [0.4, 0.5) is 0 Å². The van der Waals surface area contributed by atoms with Gasteiger partial charge in [-0.05, 0) is 35.4 Å². The van der Waals surface area contributed by atoms with Gasteiger partial charge in [-0.2, -0.15) is 0 Å². The van der Waals surface area contributed by atoms with E-state index >= 15 is 0 Å². The van der Waals surface area contributed by atoms with Gasteiger partial charge in [0.25, 0.3) is 11.8 Å². The third-order valence-corrected chi connectivity index (χ3v) is 6.82. The highest BCUT2D eigenvalue weighted by Gasteiger charge is 2.43. The first kappa shape index (κ1) is 18.5. The zero-order valence-electron chi connectivity index (χ0n) is 14.0. The van der Waals surface area contributed by atoms with E-state index in [1.54, 1.807) is 25.3 Å². The lowest BCUT2D eigenvalue weighted by Gasteiger charge is -2.27. The van der Waals surface area contributed by atoms with Crippen LogP contribution in [-0.4, -0.2) is 27.8 Å². The maximum absolute atomic E-state index is 12.9. The number of rotatable bonds is 6. The van der Waals surface area contributed by atoms with Crippen molar-refractivity contribution >= 4 is 39.4 Å². The summed E-state index contributed by atoms with van der Waals surface area (Å²) in [6.07, 6.45) is 1.79. The first-order valence-electron chi connectivity index (χ1n) is 7.91. The monoisotopic (exact) mass is 388 g/mol. The fourth-order valence-electron chi connectivity index (χ4n) is 2.31. The average Bonchev–Trinajstić information content (AvgIpc) is 2.99. The highest BCUT2D eigenvalue weighted by molar-refractivity contribution is 8.77. The largest absolute Gasteiger partial charge is 0.354 e. The van der Waals surface area contributed by atoms with Crippen LogP contribution in [0.15, 0.2) is 59.8 Å². The van der Waals surface area contributed by atoms with Crippen LogP contribution >= 0.6 is 21.6 Å². The molecule has 0 radical (unpaired) electrons. The number of hydrogen-bond acceptors (Lipinski definition) is 7. The number of hydrogen-bond donors (Lipinski definition) is 0. The van der Waals surface area contributed by atoms with Gasteiger partial charge >= 0.3 is 5.97 Å². The first-order valence-corrected chi connectivity index (χ1v) is 10.1. The molecule has 0 N–H and O–H groups in total. The van der Waals surface area contributed by atoms with Crippen LogP contribution in [0.25, 0.3) is 0 Å². The Labute approximate surface area is 158 Å². The lowest BCUT2D eigenvalue weighted by Crippen LogP contribution is -2.39. The molecule has 2 amide bonds. The van der Waals surface area contributed by atoms with Crippen molar-refractivity contribution in [2.75, 3.05) is 0 Å². The highest BCUT2D eigenvalue weighted by atomic mass is 33.1. The van der Waals surface area contributed by atoms with Crippen LogP contribution in [-0.2, 0) is 24.0 Å². The summed E-state index contributed by atoms with van der Waals surface area (Å²) in [6, 6.07) is 14.6. The molecule has 0 bridgehead atoms. The molecule has 6 nitrogen and oxygen atoms in total. The van der Waals surface area contributed by atoms with Gasteiger partial charge in [0.05, 0.1) is 0 Å². The van der Waals surface area contributed by atoms with Crippen LogP contribution in [0, 0.1) is 0 Å². The summed E-state index contributed by atoms with van der Waals surface area (Å²) in [5.74, 6) is -1.68. The molecule has 1 aromatic heterocycles. The van der Waals surface area contributed by atoms with Gasteiger partial charge in [-0.3, -0.25) is 9.59 Å². The summed E-state index contributed by atoms with van der Waals surface area (Å²) in [5, 5.41) is 1.32. The zero-order chi connectivity index (χ0) is 18.6. The van der Waals surface area contributed by atoms with Gasteiger partial charge in [-0.25, -0.2) is 9.78 Å². The Bertz CT molecular complexity index is 800. The van der Waals surface area contributed by atoms with Gasteiger partial charge < -0.3 is 4.84 Å². The fourth-order valence-corrected chi connectivity index (χ4v) is 4.68. The molecule has 134 valence electrons. The maximum Gasteiger partial charge on any atom is 0.354 e. The van der Waals surface area contributed by atoms with Crippen molar-refractivity contribution in [3.63, 3.8) is 0 Å². The minimum absolute atomic E-state index is 0.0595. The summed E-state index contributed by atoms with van der Waals surface area (Å²) in [5.41, 5.74) is 0.706. The van der Waals surface area contributed by atoms with Crippen LogP contribution in [0.1, 0.15) is 25.3 Å². The van der Waals surface area contributed by atoms with Gasteiger partial charge in [0.2, 0.25) is 0 Å². The average molecular weight is 388 g/mol. The van der Waals surface area contributed by atoms with Gasteiger partial charge in [-0.15, -0.1) is 5.06 Å². The van der Waals surface area contributed by atoms with Gasteiger partial charge in [0.1, 0.15) is 9.77 Å². The highest BCUT2D eigenvalue weighted by Crippen LogP contribution is 2.47. The minimum Gasteiger partial charge on any atom is -0.328 e. The number of aromatic nitrogens is 1. The molecule has 1 aliphatic heterocycles. The van der Waals surface area contributed by atoms with E-state index in [-0.39, 0.29) is 12.8 Å². The summed E-state index contributed by atoms with van der Waals surface area (Å²) in [6.45, 7) is 1.70. The number of carbonyl (C=O) groups is 3. The molecular formula is C18H16N2O4S2. The Morgan fingerprint density at radius 2 is 1.73 bits per heavy atom. The second-order valence-electron chi connectivity index (χ2n) is 5.69. The summed E-state index contributed by atoms with van der Waals surface area (Å²) >= 11 is 0. The van der Waals surface area contributed by atoms with E-state index in [2.05, 4.69) is 4.98 Å². The van der Waals surface area contributed by atoms with Crippen molar-refractivity contribution in [2.24, 2.45) is 0 Å². The second-order valence-corrected chi connectivity index (χ2v) is 8.26. The van der Waals surface area contributed by atoms with Crippen LogP contribution in [0.2, 0.25) is 0 Å². The van der Waals surface area contributed by atoms with E-state index in [0.29, 0.717) is 10.6 Å². The van der Waals surface area contributed by atoms with Crippen molar-refractivity contribution in [3.05, 3.63) is 60.3 Å². The van der Waals surface area contributed by atoms with Crippen LogP contribution in [0.3, 0.4) is 0 Å². The SMILES string of the molecule is CC(SSc1ccccn1)(C(=O)ON1C(=O)CCC1=O)c1ccccc1. The minimum atomic E-state index is -1.13. The number of hydroxylamine groups is 2. The van der Waals surface area contributed by atoms with Crippen molar-refractivity contribution in [1.82, 2.24) is 10.0 Å². The molecule has 1 unspecified atom stereocenters. The Morgan fingerprint density at radius 1 is 1.08 bits per heavy atom. The molecule has 1 aromatic carbocycles. The molecular weight excluding hydrogens is 372 g/mol. The van der Waals surface area contributed by atoms with E-state index in [9.17, 15) is 14.4 Å². The maximum atomic E-state index is 12.9. The standard InChI is InChI=1S/C18H16N2O4S2/c1-18(13-7-3-2-4-8-13,26-25-14-9-5-6-12-19-14)17(23)24-20-15(21)10-11-16(20)22/h2-9,12H,10-11H2,1H3. The van der Waals surface area contributed by atoms with Gasteiger partial charge in [-0.1, -0.05) is 47.2 Å². The van der Waals surface area contributed by atoms with E-state index in [4.69, 9.17) is 4.84 Å². The number of pyridine rings is 1. The topological polar surface area (TPSA) is 76.6 Å². The molecule has 1 saturated heterocycles. The lowest BCUT2D eigenvalue weighted by molar-refractivity contribution is -0.199. The Kier molecular flexibility index (Phi) is 5.63. The number of benzene rings is 1. The normalized spacial score (nSPS) is 16.4. The zero-order valence-corrected chi connectivity index (χ0v) is 15.6. The van der Waals surface area contributed by atoms with E-state index < -0.39 is 22.5 Å². The fraction of sp³-hybridized carbons (Fsp3) is 0.222.